The van der Waals surface area contributed by atoms with E-state index in [2.05, 4.69) is 21.5 Å². The van der Waals surface area contributed by atoms with E-state index in [0.717, 1.165) is 44.5 Å². The van der Waals surface area contributed by atoms with Gasteiger partial charge in [0.15, 0.2) is 0 Å². The average Bonchev–Trinajstić information content (AvgIpc) is 3.19. The minimum absolute atomic E-state index is 0.0408. The highest BCUT2D eigenvalue weighted by molar-refractivity contribution is 7.89. The quantitative estimate of drug-likeness (QED) is 0.688. The average molecular weight is 313 g/mol. The van der Waals surface area contributed by atoms with Crippen molar-refractivity contribution in [2.45, 2.75) is 70.0 Å². The highest BCUT2D eigenvalue weighted by Gasteiger charge is 2.28. The van der Waals surface area contributed by atoms with E-state index in [-0.39, 0.29) is 6.04 Å². The summed E-state index contributed by atoms with van der Waals surface area (Å²) in [5.74, 6) is 0. The summed E-state index contributed by atoms with van der Waals surface area (Å²) in [5, 5.41) is 3.36. The van der Waals surface area contributed by atoms with Gasteiger partial charge < -0.3 is 9.88 Å². The molecule has 21 heavy (non-hydrogen) atoms. The zero-order valence-corrected chi connectivity index (χ0v) is 14.0. The Hall–Kier alpha value is -0.850. The van der Waals surface area contributed by atoms with Crippen LogP contribution in [-0.4, -0.2) is 25.6 Å². The Kier molecular flexibility index (Phi) is 5.46. The van der Waals surface area contributed by atoms with Crippen LogP contribution in [-0.2, 0) is 16.6 Å². The van der Waals surface area contributed by atoms with Crippen molar-refractivity contribution in [1.29, 1.82) is 0 Å². The summed E-state index contributed by atoms with van der Waals surface area (Å²) < 4.78 is 29.7. The molecule has 0 aromatic carbocycles. The van der Waals surface area contributed by atoms with Gasteiger partial charge in [-0.25, -0.2) is 13.1 Å². The molecule has 1 saturated carbocycles. The molecule has 1 aromatic rings. The summed E-state index contributed by atoms with van der Waals surface area (Å²) >= 11 is 0. The number of aromatic nitrogens is 1. The zero-order chi connectivity index (χ0) is 15.5. The summed E-state index contributed by atoms with van der Waals surface area (Å²) in [7, 11) is -3.41. The Bertz CT molecular complexity index is 561. The number of hydrogen-bond donors (Lipinski definition) is 2. The normalized spacial score (nSPS) is 17.1. The molecule has 2 rings (SSSR count). The van der Waals surface area contributed by atoms with E-state index in [1.165, 1.54) is 0 Å². The van der Waals surface area contributed by atoms with E-state index < -0.39 is 10.0 Å². The van der Waals surface area contributed by atoms with Gasteiger partial charge in [-0.05, 0) is 45.2 Å². The first kappa shape index (κ1) is 16.5. The third-order valence-corrected chi connectivity index (χ3v) is 5.42. The predicted octanol–water partition coefficient (Wildman–Crippen LogP) is 2.40. The fraction of sp³-hybridized carbons (Fsp3) is 0.733. The maximum Gasteiger partial charge on any atom is 0.242 e. The lowest BCUT2D eigenvalue weighted by Gasteiger charge is -2.10. The van der Waals surface area contributed by atoms with Gasteiger partial charge in [0.05, 0.1) is 4.90 Å². The smallest absolute Gasteiger partial charge is 0.242 e. The Morgan fingerprint density at radius 3 is 2.67 bits per heavy atom. The van der Waals surface area contributed by atoms with Gasteiger partial charge in [0.25, 0.3) is 0 Å². The topological polar surface area (TPSA) is 63.1 Å². The van der Waals surface area contributed by atoms with Gasteiger partial charge in [0.2, 0.25) is 10.0 Å². The summed E-state index contributed by atoms with van der Waals surface area (Å²) in [5.41, 5.74) is 1.07. The second kappa shape index (κ2) is 6.94. The van der Waals surface area contributed by atoms with Crippen molar-refractivity contribution < 1.29 is 8.42 Å². The van der Waals surface area contributed by atoms with Crippen LogP contribution in [0.5, 0.6) is 0 Å². The summed E-state index contributed by atoms with van der Waals surface area (Å²) in [6.07, 6.45) is 5.95. The lowest BCUT2D eigenvalue weighted by molar-refractivity contribution is 0.555. The first-order valence-corrected chi connectivity index (χ1v) is 9.40. The number of hydrogen-bond acceptors (Lipinski definition) is 3. The summed E-state index contributed by atoms with van der Waals surface area (Å²) in [6, 6.07) is 2.25. The van der Waals surface area contributed by atoms with Crippen molar-refractivity contribution in [1.82, 2.24) is 14.6 Å². The van der Waals surface area contributed by atoms with Gasteiger partial charge in [-0.15, -0.1) is 0 Å². The minimum atomic E-state index is -3.41. The molecule has 1 atom stereocenters. The van der Waals surface area contributed by atoms with Crippen molar-refractivity contribution in [2.75, 3.05) is 6.54 Å². The van der Waals surface area contributed by atoms with E-state index in [1.54, 1.807) is 6.20 Å². The molecule has 0 bridgehead atoms. The molecule has 6 heteroatoms. The molecule has 1 fully saturated rings. The maximum absolute atomic E-state index is 12.4. The predicted molar refractivity (Wildman–Crippen MR) is 84.8 cm³/mol. The third kappa shape index (κ3) is 4.31. The van der Waals surface area contributed by atoms with E-state index in [4.69, 9.17) is 0 Å². The van der Waals surface area contributed by atoms with Crippen LogP contribution in [0.15, 0.2) is 17.2 Å². The van der Waals surface area contributed by atoms with Crippen LogP contribution in [0.1, 0.15) is 58.2 Å². The van der Waals surface area contributed by atoms with Crippen LogP contribution >= 0.6 is 0 Å². The molecule has 0 aliphatic heterocycles. The molecule has 0 radical (unpaired) electrons. The van der Waals surface area contributed by atoms with Crippen LogP contribution in [0.4, 0.5) is 0 Å². The van der Waals surface area contributed by atoms with Crippen molar-refractivity contribution in [3.05, 3.63) is 18.0 Å². The number of nitrogens with one attached hydrogen (secondary N) is 2. The molecule has 0 spiro atoms. The third-order valence-electron chi connectivity index (χ3n) is 3.86. The molecule has 1 aliphatic rings. The first-order valence-electron chi connectivity index (χ1n) is 7.91. The highest BCUT2D eigenvalue weighted by atomic mass is 32.2. The van der Waals surface area contributed by atoms with Gasteiger partial charge in [-0.1, -0.05) is 13.8 Å². The van der Waals surface area contributed by atoms with Crippen molar-refractivity contribution in [3.63, 3.8) is 0 Å². The van der Waals surface area contributed by atoms with Gasteiger partial charge in [-0.3, -0.25) is 0 Å². The number of sulfonamides is 1. The standard InChI is InChI=1S/C15H27N3O2S/c1-4-8-16-10-14-9-15(11-18(14)13-6-7-13)21(19,20)17-12(3)5-2/h9,11-13,16-17H,4-8,10H2,1-3H3. The lowest BCUT2D eigenvalue weighted by atomic mass is 10.3. The van der Waals surface area contributed by atoms with Crippen LogP contribution in [0.25, 0.3) is 0 Å². The van der Waals surface area contributed by atoms with E-state index in [0.29, 0.717) is 10.9 Å². The van der Waals surface area contributed by atoms with Crippen molar-refractivity contribution in [2.24, 2.45) is 0 Å². The van der Waals surface area contributed by atoms with E-state index >= 15 is 0 Å². The van der Waals surface area contributed by atoms with Gasteiger partial charge in [0.1, 0.15) is 0 Å². The Morgan fingerprint density at radius 1 is 1.38 bits per heavy atom. The van der Waals surface area contributed by atoms with Crippen LogP contribution in [0, 0.1) is 0 Å². The first-order chi connectivity index (χ1) is 9.97. The summed E-state index contributed by atoms with van der Waals surface area (Å²) in [6.45, 7) is 7.66. The van der Waals surface area contributed by atoms with Gasteiger partial charge in [0, 0.05) is 30.5 Å². The van der Waals surface area contributed by atoms with Crippen molar-refractivity contribution in [3.8, 4) is 0 Å². The lowest BCUT2D eigenvalue weighted by Crippen LogP contribution is -2.31. The fourth-order valence-electron chi connectivity index (χ4n) is 2.29. The number of nitrogens with zero attached hydrogens (tertiary/aromatic N) is 1. The molecule has 0 amide bonds. The number of rotatable bonds is 9. The van der Waals surface area contributed by atoms with E-state index in [9.17, 15) is 8.42 Å². The summed E-state index contributed by atoms with van der Waals surface area (Å²) in [4.78, 5) is 0.392. The largest absolute Gasteiger partial charge is 0.346 e. The Labute approximate surface area is 128 Å². The maximum atomic E-state index is 12.4. The molecule has 2 N–H and O–H groups in total. The van der Waals surface area contributed by atoms with Crippen molar-refractivity contribution >= 4 is 10.0 Å². The van der Waals surface area contributed by atoms with Crippen LogP contribution in [0.2, 0.25) is 0 Å². The Balaban J connectivity index is 2.18. The van der Waals surface area contributed by atoms with E-state index in [1.807, 2.05) is 19.9 Å². The van der Waals surface area contributed by atoms with Gasteiger partial charge >= 0.3 is 0 Å². The Morgan fingerprint density at radius 2 is 2.10 bits per heavy atom. The zero-order valence-electron chi connectivity index (χ0n) is 13.2. The van der Waals surface area contributed by atoms with Crippen LogP contribution in [0.3, 0.4) is 0 Å². The minimum Gasteiger partial charge on any atom is -0.346 e. The molecular formula is C15H27N3O2S. The molecule has 120 valence electrons. The molecule has 1 unspecified atom stereocenters. The molecule has 1 aromatic heterocycles. The molecule has 5 nitrogen and oxygen atoms in total. The second-order valence-electron chi connectivity index (χ2n) is 5.91. The highest BCUT2D eigenvalue weighted by Crippen LogP contribution is 2.37. The molecule has 0 saturated heterocycles. The van der Waals surface area contributed by atoms with Crippen LogP contribution < -0.4 is 10.0 Å². The monoisotopic (exact) mass is 313 g/mol. The fourth-order valence-corrected chi connectivity index (χ4v) is 3.66. The molecule has 1 aliphatic carbocycles. The second-order valence-corrected chi connectivity index (χ2v) is 7.63. The van der Waals surface area contributed by atoms with Gasteiger partial charge in [-0.2, -0.15) is 0 Å². The SMILES string of the molecule is CCCNCc1cc(S(=O)(=O)NC(C)CC)cn1C1CC1. The molecule has 1 heterocycles. The molecular weight excluding hydrogens is 286 g/mol.